The molecule has 0 bridgehead atoms. The summed E-state index contributed by atoms with van der Waals surface area (Å²) < 4.78 is 0. The number of hydrogen-bond donors (Lipinski definition) is 1. The standard InChI is InChI=1S/C13H21NO3/c1-4-8(5-2)11-10-7(3)6-9(13(15)16)12(10)17-14-11/h7-10,12H,4-6H2,1-3H3,(H,15,16)/t7-,9+,10-,12-/m1/s1. The molecule has 1 aliphatic heterocycles. The number of rotatable bonds is 4. The molecule has 1 N–H and O–H groups in total. The van der Waals surface area contributed by atoms with Gasteiger partial charge in [-0.05, 0) is 25.2 Å². The molecule has 4 heteroatoms. The van der Waals surface area contributed by atoms with Gasteiger partial charge in [0.2, 0.25) is 0 Å². The molecule has 17 heavy (non-hydrogen) atoms. The van der Waals surface area contributed by atoms with Crippen molar-refractivity contribution >= 4 is 11.7 Å². The highest BCUT2D eigenvalue weighted by Crippen LogP contribution is 2.44. The van der Waals surface area contributed by atoms with E-state index in [1.165, 1.54) is 0 Å². The van der Waals surface area contributed by atoms with Gasteiger partial charge in [-0.2, -0.15) is 0 Å². The van der Waals surface area contributed by atoms with Crippen molar-refractivity contribution in [1.82, 2.24) is 0 Å². The molecule has 1 saturated carbocycles. The third kappa shape index (κ3) is 1.94. The molecular weight excluding hydrogens is 218 g/mol. The van der Waals surface area contributed by atoms with Crippen molar-refractivity contribution < 1.29 is 14.7 Å². The van der Waals surface area contributed by atoms with Crippen molar-refractivity contribution in [2.75, 3.05) is 0 Å². The number of aliphatic carboxylic acids is 1. The van der Waals surface area contributed by atoms with Crippen LogP contribution >= 0.6 is 0 Å². The molecule has 0 amide bonds. The van der Waals surface area contributed by atoms with Crippen molar-refractivity contribution in [2.24, 2.45) is 28.8 Å². The first kappa shape index (κ1) is 12.4. The summed E-state index contributed by atoms with van der Waals surface area (Å²) in [7, 11) is 0. The van der Waals surface area contributed by atoms with Crippen molar-refractivity contribution in [3.8, 4) is 0 Å². The Morgan fingerprint density at radius 1 is 1.53 bits per heavy atom. The van der Waals surface area contributed by atoms with E-state index in [-0.39, 0.29) is 17.9 Å². The van der Waals surface area contributed by atoms with Gasteiger partial charge in [-0.15, -0.1) is 0 Å². The van der Waals surface area contributed by atoms with E-state index in [1.807, 2.05) is 0 Å². The summed E-state index contributed by atoms with van der Waals surface area (Å²) in [5.74, 6) is -0.0973. The zero-order valence-electron chi connectivity index (χ0n) is 10.7. The molecule has 0 aromatic rings. The molecule has 2 rings (SSSR count). The molecule has 2 aliphatic rings. The van der Waals surface area contributed by atoms with Crippen molar-refractivity contribution in [2.45, 2.75) is 46.1 Å². The number of fused-ring (bicyclic) bond motifs is 1. The summed E-state index contributed by atoms with van der Waals surface area (Å²) in [5, 5.41) is 13.4. The van der Waals surface area contributed by atoms with Gasteiger partial charge in [0.15, 0.2) is 0 Å². The summed E-state index contributed by atoms with van der Waals surface area (Å²) in [4.78, 5) is 16.6. The maximum Gasteiger partial charge on any atom is 0.310 e. The maximum absolute atomic E-state index is 11.2. The summed E-state index contributed by atoms with van der Waals surface area (Å²) in [6.45, 7) is 6.42. The smallest absolute Gasteiger partial charge is 0.310 e. The van der Waals surface area contributed by atoms with E-state index in [0.717, 1.165) is 18.6 Å². The van der Waals surface area contributed by atoms with Crippen LogP contribution in [0.3, 0.4) is 0 Å². The van der Waals surface area contributed by atoms with Crippen molar-refractivity contribution in [3.63, 3.8) is 0 Å². The van der Waals surface area contributed by atoms with Crippen LogP contribution in [-0.2, 0) is 9.63 Å². The van der Waals surface area contributed by atoms with Crippen LogP contribution in [0.25, 0.3) is 0 Å². The summed E-state index contributed by atoms with van der Waals surface area (Å²) in [5.41, 5.74) is 1.11. The highest BCUT2D eigenvalue weighted by molar-refractivity contribution is 5.91. The second-order valence-electron chi connectivity index (χ2n) is 5.28. The van der Waals surface area contributed by atoms with Crippen LogP contribution in [0.2, 0.25) is 0 Å². The minimum Gasteiger partial charge on any atom is -0.481 e. The van der Waals surface area contributed by atoms with Gasteiger partial charge in [-0.3, -0.25) is 4.79 Å². The lowest BCUT2D eigenvalue weighted by Gasteiger charge is -2.20. The first-order valence-corrected chi connectivity index (χ1v) is 6.56. The highest BCUT2D eigenvalue weighted by Gasteiger charge is 2.52. The van der Waals surface area contributed by atoms with Crippen LogP contribution < -0.4 is 0 Å². The van der Waals surface area contributed by atoms with Crippen LogP contribution in [0.15, 0.2) is 5.16 Å². The molecule has 0 spiro atoms. The molecule has 1 fully saturated rings. The predicted molar refractivity (Wildman–Crippen MR) is 64.8 cm³/mol. The monoisotopic (exact) mass is 239 g/mol. The van der Waals surface area contributed by atoms with E-state index in [4.69, 9.17) is 4.84 Å². The Hall–Kier alpha value is -1.06. The van der Waals surface area contributed by atoms with E-state index >= 15 is 0 Å². The second-order valence-corrected chi connectivity index (χ2v) is 5.28. The van der Waals surface area contributed by atoms with Crippen LogP contribution in [0, 0.1) is 23.7 Å². The van der Waals surface area contributed by atoms with E-state index in [1.54, 1.807) is 0 Å². The topological polar surface area (TPSA) is 58.9 Å². The lowest BCUT2D eigenvalue weighted by atomic mass is 9.82. The normalized spacial score (nSPS) is 35.6. The van der Waals surface area contributed by atoms with E-state index in [9.17, 15) is 9.90 Å². The quantitative estimate of drug-likeness (QED) is 0.820. The average Bonchev–Trinajstić information content (AvgIpc) is 2.83. The van der Waals surface area contributed by atoms with Crippen LogP contribution in [-0.4, -0.2) is 22.9 Å². The minimum atomic E-state index is -0.745. The predicted octanol–water partition coefficient (Wildman–Crippen LogP) is 2.53. The third-order valence-electron chi connectivity index (χ3n) is 4.33. The van der Waals surface area contributed by atoms with Crippen LogP contribution in [0.5, 0.6) is 0 Å². The molecule has 4 nitrogen and oxygen atoms in total. The molecule has 4 atom stereocenters. The Morgan fingerprint density at radius 3 is 2.71 bits per heavy atom. The van der Waals surface area contributed by atoms with Gasteiger partial charge in [0.25, 0.3) is 0 Å². The van der Waals surface area contributed by atoms with E-state index in [2.05, 4.69) is 25.9 Å². The van der Waals surface area contributed by atoms with Gasteiger partial charge < -0.3 is 9.94 Å². The number of nitrogens with zero attached hydrogens (tertiary/aromatic N) is 1. The van der Waals surface area contributed by atoms with Crippen LogP contribution in [0.1, 0.15) is 40.0 Å². The SMILES string of the molecule is CCC(CC)C1=NO[C@H]2[C@@H]1[C@H](C)C[C@@H]2C(=O)O. The molecule has 0 radical (unpaired) electrons. The number of carbonyl (C=O) groups is 1. The Morgan fingerprint density at radius 2 is 2.18 bits per heavy atom. The minimum absolute atomic E-state index is 0.223. The Bertz CT molecular complexity index is 336. The number of carboxylic acids is 1. The highest BCUT2D eigenvalue weighted by atomic mass is 16.6. The van der Waals surface area contributed by atoms with Gasteiger partial charge in [0.05, 0.1) is 11.6 Å². The third-order valence-corrected chi connectivity index (χ3v) is 4.33. The second kappa shape index (κ2) is 4.67. The first-order valence-electron chi connectivity index (χ1n) is 6.56. The van der Waals surface area contributed by atoms with Gasteiger partial charge >= 0.3 is 5.97 Å². The van der Waals surface area contributed by atoms with Crippen molar-refractivity contribution in [1.29, 1.82) is 0 Å². The largest absolute Gasteiger partial charge is 0.481 e. The Labute approximate surface area is 102 Å². The number of oxime groups is 1. The van der Waals surface area contributed by atoms with Gasteiger partial charge in [0.1, 0.15) is 6.10 Å². The fourth-order valence-corrected chi connectivity index (χ4v) is 3.33. The Kier molecular flexibility index (Phi) is 3.40. The fraction of sp³-hybridized carbons (Fsp3) is 0.846. The maximum atomic E-state index is 11.2. The van der Waals surface area contributed by atoms with Gasteiger partial charge in [0, 0.05) is 11.8 Å². The number of carboxylic acid groups (broad SMARTS) is 1. The van der Waals surface area contributed by atoms with E-state index in [0.29, 0.717) is 18.3 Å². The zero-order chi connectivity index (χ0) is 12.6. The first-order chi connectivity index (χ1) is 8.10. The Balaban J connectivity index is 2.18. The summed E-state index contributed by atoms with van der Waals surface area (Å²) >= 11 is 0. The molecule has 1 aliphatic carbocycles. The molecule has 1 heterocycles. The molecule has 0 saturated heterocycles. The molecule has 0 aromatic carbocycles. The van der Waals surface area contributed by atoms with E-state index < -0.39 is 5.97 Å². The molecule has 0 aromatic heterocycles. The summed E-state index contributed by atoms with van der Waals surface area (Å²) in [6, 6.07) is 0. The fourth-order valence-electron chi connectivity index (χ4n) is 3.33. The number of hydrogen-bond acceptors (Lipinski definition) is 3. The van der Waals surface area contributed by atoms with Crippen LogP contribution in [0.4, 0.5) is 0 Å². The molecular formula is C13H21NO3. The van der Waals surface area contributed by atoms with Crippen molar-refractivity contribution in [3.05, 3.63) is 0 Å². The lowest BCUT2D eigenvalue weighted by Crippen LogP contribution is -2.31. The van der Waals surface area contributed by atoms with Gasteiger partial charge in [-0.1, -0.05) is 25.9 Å². The molecule has 0 unspecified atom stereocenters. The molecule has 96 valence electrons. The average molecular weight is 239 g/mol. The zero-order valence-corrected chi connectivity index (χ0v) is 10.7. The van der Waals surface area contributed by atoms with Gasteiger partial charge in [-0.25, -0.2) is 0 Å². The summed E-state index contributed by atoms with van der Waals surface area (Å²) in [6.07, 6.45) is 2.58. The lowest BCUT2D eigenvalue weighted by molar-refractivity contribution is -0.145.